The van der Waals surface area contributed by atoms with Crippen molar-refractivity contribution in [1.82, 2.24) is 0 Å². The van der Waals surface area contributed by atoms with Crippen LogP contribution in [0.5, 0.6) is 0 Å². The summed E-state index contributed by atoms with van der Waals surface area (Å²) in [6, 6.07) is 5.24. The van der Waals surface area contributed by atoms with Crippen LogP contribution in [0, 0.1) is 5.92 Å². The molecule has 23 heavy (non-hydrogen) atoms. The molecule has 1 unspecified atom stereocenters. The van der Waals surface area contributed by atoms with Gasteiger partial charge < -0.3 is 5.73 Å². The predicted octanol–water partition coefficient (Wildman–Crippen LogP) is 5.27. The van der Waals surface area contributed by atoms with E-state index in [1.54, 1.807) is 0 Å². The van der Waals surface area contributed by atoms with E-state index in [0.717, 1.165) is 24.1 Å². The average Bonchev–Trinajstić information content (AvgIpc) is 2.65. The van der Waals surface area contributed by atoms with Crippen molar-refractivity contribution in [3.63, 3.8) is 0 Å². The van der Waals surface area contributed by atoms with Crippen molar-refractivity contribution >= 4 is 0 Å². The highest BCUT2D eigenvalue weighted by Gasteiger charge is 2.30. The second kappa shape index (κ2) is 6.52. The van der Waals surface area contributed by atoms with Gasteiger partial charge in [0, 0.05) is 12.0 Å². The quantitative estimate of drug-likeness (QED) is 0.803. The molecule has 0 radical (unpaired) electrons. The minimum absolute atomic E-state index is 0.0691. The maximum Gasteiger partial charge on any atom is 0.416 e. The maximum atomic E-state index is 12.6. The number of rotatable bonds is 4. The smallest absolute Gasteiger partial charge is 0.327 e. The molecule has 1 aliphatic carbocycles. The van der Waals surface area contributed by atoms with E-state index in [2.05, 4.69) is 27.7 Å². The molecule has 4 heteroatoms. The summed E-state index contributed by atoms with van der Waals surface area (Å²) in [7, 11) is 0. The van der Waals surface area contributed by atoms with Crippen LogP contribution in [0.15, 0.2) is 46.6 Å². The van der Waals surface area contributed by atoms with Gasteiger partial charge in [-0.25, -0.2) is 0 Å². The van der Waals surface area contributed by atoms with E-state index in [0.29, 0.717) is 12.3 Å². The number of benzene rings is 1. The van der Waals surface area contributed by atoms with Gasteiger partial charge in [-0.1, -0.05) is 23.3 Å². The fraction of sp³-hybridized carbons (Fsp3) is 0.474. The first kappa shape index (κ1) is 17.8. The molecular formula is C19H24F3N. The van der Waals surface area contributed by atoms with Gasteiger partial charge in [-0.05, 0) is 69.4 Å². The molecule has 0 amide bonds. The monoisotopic (exact) mass is 323 g/mol. The number of alkyl halides is 3. The largest absolute Gasteiger partial charge is 0.416 e. The molecule has 126 valence electrons. The van der Waals surface area contributed by atoms with Gasteiger partial charge in [0.2, 0.25) is 0 Å². The predicted molar refractivity (Wildman–Crippen MR) is 88.0 cm³/mol. The molecule has 0 spiro atoms. The molecule has 0 aromatic heterocycles. The van der Waals surface area contributed by atoms with E-state index < -0.39 is 11.7 Å². The number of allylic oxidation sites excluding steroid dienone is 4. The number of hydrogen-bond donors (Lipinski definition) is 1. The summed E-state index contributed by atoms with van der Waals surface area (Å²) in [5, 5.41) is 0. The molecule has 0 saturated heterocycles. The Hall–Kier alpha value is -1.55. The Morgan fingerprint density at radius 2 is 1.43 bits per heavy atom. The third-order valence-electron chi connectivity index (χ3n) is 5.11. The second-order valence-electron chi connectivity index (χ2n) is 6.56. The minimum Gasteiger partial charge on any atom is -0.327 e. The van der Waals surface area contributed by atoms with Crippen LogP contribution in [0.25, 0.3) is 0 Å². The zero-order valence-electron chi connectivity index (χ0n) is 14.1. The highest BCUT2D eigenvalue weighted by Crippen LogP contribution is 2.39. The van der Waals surface area contributed by atoms with Crippen LogP contribution < -0.4 is 5.73 Å². The SMILES string of the molecule is CC1=C(C)C(CC(N)Cc2ccc(C(F)(F)F)cc2)C(C)=C1C. The lowest BCUT2D eigenvalue weighted by atomic mass is 9.88. The van der Waals surface area contributed by atoms with Crippen LogP contribution in [0.4, 0.5) is 13.2 Å². The Balaban J connectivity index is 2.02. The summed E-state index contributed by atoms with van der Waals surface area (Å²) in [4.78, 5) is 0. The number of hydrogen-bond acceptors (Lipinski definition) is 1. The molecule has 0 fully saturated rings. The first-order chi connectivity index (χ1) is 10.6. The van der Waals surface area contributed by atoms with E-state index in [1.165, 1.54) is 34.4 Å². The van der Waals surface area contributed by atoms with Gasteiger partial charge in [-0.2, -0.15) is 13.2 Å². The van der Waals surface area contributed by atoms with Crippen molar-refractivity contribution in [1.29, 1.82) is 0 Å². The lowest BCUT2D eigenvalue weighted by Gasteiger charge is -2.20. The van der Waals surface area contributed by atoms with Crippen molar-refractivity contribution < 1.29 is 13.2 Å². The standard InChI is InChI=1S/C19H24F3N/c1-11-12(2)14(4)18(13(11)3)10-17(23)9-15-5-7-16(8-6-15)19(20,21)22/h5-8,17-18H,9-10,23H2,1-4H3. The Kier molecular flexibility index (Phi) is 5.04. The summed E-state index contributed by atoms with van der Waals surface area (Å²) in [6.45, 7) is 8.56. The fourth-order valence-electron chi connectivity index (χ4n) is 3.31. The van der Waals surface area contributed by atoms with E-state index in [-0.39, 0.29) is 6.04 Å². The molecule has 1 atom stereocenters. The lowest BCUT2D eigenvalue weighted by Crippen LogP contribution is -2.26. The summed E-state index contributed by atoms with van der Waals surface area (Å²) in [5.41, 5.74) is 11.9. The maximum absolute atomic E-state index is 12.6. The van der Waals surface area contributed by atoms with Gasteiger partial charge >= 0.3 is 6.18 Å². The highest BCUT2D eigenvalue weighted by molar-refractivity contribution is 5.46. The second-order valence-corrected chi connectivity index (χ2v) is 6.56. The van der Waals surface area contributed by atoms with Gasteiger partial charge in [0.15, 0.2) is 0 Å². The Labute approximate surface area is 136 Å². The molecule has 1 aromatic carbocycles. The molecule has 1 aliphatic rings. The molecule has 0 heterocycles. The molecule has 2 rings (SSSR count). The van der Waals surface area contributed by atoms with E-state index in [9.17, 15) is 13.2 Å². The van der Waals surface area contributed by atoms with E-state index >= 15 is 0 Å². The molecular weight excluding hydrogens is 299 g/mol. The number of nitrogens with two attached hydrogens (primary N) is 1. The van der Waals surface area contributed by atoms with Gasteiger partial charge in [0.1, 0.15) is 0 Å². The molecule has 2 N–H and O–H groups in total. The van der Waals surface area contributed by atoms with Gasteiger partial charge in [0.05, 0.1) is 5.56 Å². The minimum atomic E-state index is -4.29. The van der Waals surface area contributed by atoms with Crippen molar-refractivity contribution in [2.24, 2.45) is 11.7 Å². The molecule has 0 aliphatic heterocycles. The fourth-order valence-corrected chi connectivity index (χ4v) is 3.31. The van der Waals surface area contributed by atoms with Gasteiger partial charge in [-0.15, -0.1) is 0 Å². The van der Waals surface area contributed by atoms with Crippen LogP contribution in [0.2, 0.25) is 0 Å². The zero-order valence-corrected chi connectivity index (χ0v) is 14.1. The van der Waals surface area contributed by atoms with Crippen LogP contribution >= 0.6 is 0 Å². The topological polar surface area (TPSA) is 26.0 Å². The Morgan fingerprint density at radius 3 is 1.87 bits per heavy atom. The van der Waals surface area contributed by atoms with Crippen molar-refractivity contribution in [3.8, 4) is 0 Å². The Bertz CT molecular complexity index is 612. The van der Waals surface area contributed by atoms with Crippen LogP contribution in [-0.2, 0) is 12.6 Å². The third kappa shape index (κ3) is 3.86. The van der Waals surface area contributed by atoms with Crippen molar-refractivity contribution in [3.05, 3.63) is 57.7 Å². The summed E-state index contributed by atoms with van der Waals surface area (Å²) < 4.78 is 37.7. The zero-order chi connectivity index (χ0) is 17.4. The lowest BCUT2D eigenvalue weighted by molar-refractivity contribution is -0.137. The molecule has 1 nitrogen and oxygen atoms in total. The van der Waals surface area contributed by atoms with Crippen LogP contribution in [0.1, 0.15) is 45.2 Å². The third-order valence-corrected chi connectivity index (χ3v) is 5.11. The van der Waals surface area contributed by atoms with Crippen LogP contribution in [0.3, 0.4) is 0 Å². The molecule has 1 aromatic rings. The van der Waals surface area contributed by atoms with Crippen molar-refractivity contribution in [2.45, 2.75) is 52.8 Å². The van der Waals surface area contributed by atoms with Gasteiger partial charge in [-0.3, -0.25) is 0 Å². The average molecular weight is 323 g/mol. The highest BCUT2D eigenvalue weighted by atomic mass is 19.4. The first-order valence-electron chi connectivity index (χ1n) is 7.88. The Morgan fingerprint density at radius 1 is 0.957 bits per heavy atom. The molecule has 0 bridgehead atoms. The molecule has 0 saturated carbocycles. The normalized spacial score (nSPS) is 18.1. The summed E-state index contributed by atoms with van der Waals surface area (Å²) >= 11 is 0. The summed E-state index contributed by atoms with van der Waals surface area (Å²) in [6.07, 6.45) is -2.87. The van der Waals surface area contributed by atoms with Crippen molar-refractivity contribution in [2.75, 3.05) is 0 Å². The summed E-state index contributed by atoms with van der Waals surface area (Å²) in [5.74, 6) is 0.361. The van der Waals surface area contributed by atoms with Gasteiger partial charge in [0.25, 0.3) is 0 Å². The number of halogens is 3. The van der Waals surface area contributed by atoms with E-state index in [4.69, 9.17) is 5.73 Å². The van der Waals surface area contributed by atoms with Crippen LogP contribution in [-0.4, -0.2) is 6.04 Å². The first-order valence-corrected chi connectivity index (χ1v) is 7.88. The van der Waals surface area contributed by atoms with E-state index in [1.807, 2.05) is 0 Å².